The van der Waals surface area contributed by atoms with E-state index in [2.05, 4.69) is 0 Å². The first-order valence-corrected chi connectivity index (χ1v) is 21.5. The van der Waals surface area contributed by atoms with Gasteiger partial charge in [0.15, 0.2) is 0 Å². The number of non-ortho nitro benzene ring substituents is 2. The number of aliphatic hydroxyl groups is 2. The molecule has 0 aliphatic carbocycles. The molecule has 16 nitrogen and oxygen atoms in total. The van der Waals surface area contributed by atoms with Crippen molar-refractivity contribution in [1.82, 2.24) is 18.6 Å². The van der Waals surface area contributed by atoms with Gasteiger partial charge in [-0.15, -0.1) is 0 Å². The van der Waals surface area contributed by atoms with Gasteiger partial charge in [0.05, 0.1) is 46.5 Å². The first-order chi connectivity index (χ1) is 28.6. The maximum atomic E-state index is 13.9. The number of hydrogen-bond donors (Lipinski definition) is 4. The van der Waals surface area contributed by atoms with E-state index in [9.17, 15) is 73.6 Å². The molecule has 0 spiro atoms. The molecule has 332 valence electrons. The van der Waals surface area contributed by atoms with E-state index >= 15 is 0 Å². The van der Waals surface area contributed by atoms with Crippen molar-refractivity contribution in [2.45, 2.75) is 36.6 Å². The summed E-state index contributed by atoms with van der Waals surface area (Å²) in [4.78, 5) is 21.0. The summed E-state index contributed by atoms with van der Waals surface area (Å²) >= 11 is 0. The number of fused-ring (bicyclic) bond motifs is 2. The van der Waals surface area contributed by atoms with E-state index in [4.69, 9.17) is 0 Å². The van der Waals surface area contributed by atoms with Crippen LogP contribution in [0.15, 0.2) is 109 Å². The van der Waals surface area contributed by atoms with Crippen LogP contribution in [0.1, 0.15) is 22.3 Å². The Hall–Kier alpha value is -5.92. The third-order valence-corrected chi connectivity index (χ3v) is 10.9. The van der Waals surface area contributed by atoms with Crippen LogP contribution in [0.5, 0.6) is 0 Å². The molecule has 0 aliphatic heterocycles. The number of rotatable bonds is 14. The topological polar surface area (TPSA) is 229 Å². The Bertz CT molecular complexity index is 2650. The summed E-state index contributed by atoms with van der Waals surface area (Å²) in [6.07, 6.45) is -7.05. The van der Waals surface area contributed by atoms with Crippen LogP contribution >= 0.6 is 0 Å². The van der Waals surface area contributed by atoms with Crippen LogP contribution in [0.2, 0.25) is 0 Å². The van der Waals surface area contributed by atoms with Crippen molar-refractivity contribution in [3.8, 4) is 0 Å². The molecular formula is C38H36F6N6O10S2. The minimum absolute atomic E-state index is 0.0753. The number of hydrogen-bond acceptors (Lipinski definition) is 10. The number of alkyl halides is 6. The van der Waals surface area contributed by atoms with Crippen LogP contribution in [-0.2, 0) is 44.3 Å². The van der Waals surface area contributed by atoms with E-state index in [0.29, 0.717) is 23.6 Å². The van der Waals surface area contributed by atoms with E-state index in [1.54, 1.807) is 70.1 Å². The number of aromatic nitrogens is 2. The van der Waals surface area contributed by atoms with Gasteiger partial charge in [-0.25, -0.2) is 26.3 Å². The summed E-state index contributed by atoms with van der Waals surface area (Å²) in [6.45, 7) is -2.55. The van der Waals surface area contributed by atoms with Crippen molar-refractivity contribution in [1.29, 1.82) is 0 Å². The molecule has 0 amide bonds. The number of benzene rings is 4. The molecule has 2 heterocycles. The molecule has 6 rings (SSSR count). The van der Waals surface area contributed by atoms with E-state index < -0.39 is 77.7 Å². The minimum atomic E-state index is -5.24. The Balaban J connectivity index is 0.000000234. The largest absolute Gasteiger partial charge is 0.422 e. The summed E-state index contributed by atoms with van der Waals surface area (Å²) in [5.41, 5.74) is -7.42. The van der Waals surface area contributed by atoms with Gasteiger partial charge >= 0.3 is 12.4 Å². The fourth-order valence-corrected chi connectivity index (χ4v) is 7.38. The standard InChI is InChI=1S/2C19H18F3N3O5S/c2*1-31(29,30)23-12-18(26,19(20,21)22)16-11-24(10-13-5-3-2-4-6-13)17-9-14(25(27)28)7-8-15(16)17/h2*2-9,11,23,26H,10,12H2,1H3. The summed E-state index contributed by atoms with van der Waals surface area (Å²) in [7, 11) is -8.09. The zero-order valence-electron chi connectivity index (χ0n) is 32.3. The Morgan fingerprint density at radius 2 is 0.903 bits per heavy atom. The number of nitro groups is 2. The molecule has 0 fully saturated rings. The second kappa shape index (κ2) is 17.5. The molecule has 0 saturated carbocycles. The van der Waals surface area contributed by atoms with E-state index in [1.807, 2.05) is 0 Å². The fourth-order valence-electron chi connectivity index (χ4n) is 6.44. The fraction of sp³-hybridized carbons (Fsp3) is 0.263. The lowest BCUT2D eigenvalue weighted by molar-refractivity contribution is -0.384. The van der Waals surface area contributed by atoms with E-state index in [1.165, 1.54) is 9.13 Å². The predicted molar refractivity (Wildman–Crippen MR) is 214 cm³/mol. The number of nitrogens with zero attached hydrogens (tertiary/aromatic N) is 4. The Labute approximate surface area is 348 Å². The quantitative estimate of drug-likeness (QED) is 0.0584. The Morgan fingerprint density at radius 1 is 0.581 bits per heavy atom. The predicted octanol–water partition coefficient (Wildman–Crippen LogP) is 5.79. The minimum Gasteiger partial charge on any atom is -0.375 e. The molecule has 0 aliphatic rings. The van der Waals surface area contributed by atoms with Crippen LogP contribution in [0, 0.1) is 20.2 Å². The van der Waals surface area contributed by atoms with Crippen molar-refractivity contribution in [3.63, 3.8) is 0 Å². The first kappa shape index (κ1) is 47.1. The molecule has 2 aromatic heterocycles. The highest BCUT2D eigenvalue weighted by Crippen LogP contribution is 2.44. The summed E-state index contributed by atoms with van der Waals surface area (Å²) in [5.74, 6) is 0. The van der Waals surface area contributed by atoms with Crippen molar-refractivity contribution in [2.75, 3.05) is 25.6 Å². The van der Waals surface area contributed by atoms with Crippen LogP contribution < -0.4 is 9.44 Å². The second-order valence-corrected chi connectivity index (χ2v) is 17.8. The number of sulfonamides is 2. The zero-order valence-corrected chi connectivity index (χ0v) is 33.9. The van der Waals surface area contributed by atoms with Crippen molar-refractivity contribution in [2.24, 2.45) is 0 Å². The van der Waals surface area contributed by atoms with Gasteiger partial charge in [0.25, 0.3) is 11.4 Å². The van der Waals surface area contributed by atoms with Crippen molar-refractivity contribution >= 4 is 53.2 Å². The zero-order chi connectivity index (χ0) is 46.1. The first-order valence-electron chi connectivity index (χ1n) is 17.7. The highest BCUT2D eigenvalue weighted by Gasteiger charge is 2.57. The van der Waals surface area contributed by atoms with Crippen LogP contribution in [0.4, 0.5) is 37.7 Å². The number of halogens is 6. The molecule has 24 heteroatoms. The monoisotopic (exact) mass is 914 g/mol. The van der Waals surface area contributed by atoms with Crippen molar-refractivity contribution < 1.29 is 63.2 Å². The van der Waals surface area contributed by atoms with Gasteiger partial charge < -0.3 is 19.3 Å². The molecule has 0 bridgehead atoms. The second-order valence-electron chi connectivity index (χ2n) is 14.1. The molecule has 2 unspecified atom stereocenters. The third-order valence-electron chi connectivity index (χ3n) is 9.55. The molecular weight excluding hydrogens is 879 g/mol. The molecule has 0 radical (unpaired) electrons. The van der Waals surface area contributed by atoms with Gasteiger partial charge in [0.1, 0.15) is 0 Å². The van der Waals surface area contributed by atoms with Gasteiger partial charge in [-0.2, -0.15) is 26.3 Å². The summed E-state index contributed by atoms with van der Waals surface area (Å²) in [6, 6.07) is 23.8. The number of nitrogens with one attached hydrogen (secondary N) is 2. The van der Waals surface area contributed by atoms with Gasteiger partial charge in [-0.3, -0.25) is 20.2 Å². The van der Waals surface area contributed by atoms with E-state index in [0.717, 1.165) is 48.8 Å². The Kier molecular flexibility index (Phi) is 13.3. The lowest BCUT2D eigenvalue weighted by atomic mass is 9.92. The summed E-state index contributed by atoms with van der Waals surface area (Å²) in [5, 5.41) is 43.5. The molecule has 4 N–H and O–H groups in total. The van der Waals surface area contributed by atoms with Gasteiger partial charge in [0, 0.05) is 71.6 Å². The maximum absolute atomic E-state index is 13.9. The number of nitro benzene ring substituents is 2. The SMILES string of the molecule is CS(=O)(=O)NCC(O)(c1cn(Cc2ccccc2)c2cc([N+](=O)[O-])ccc12)C(F)(F)F.CS(=O)(=O)NCC(O)(c1cn(Cc2ccccc2)c2cc([N+](=O)[O-])ccc12)C(F)(F)F. The lowest BCUT2D eigenvalue weighted by Gasteiger charge is -2.30. The highest BCUT2D eigenvalue weighted by atomic mass is 32.2. The molecule has 2 atom stereocenters. The summed E-state index contributed by atoms with van der Waals surface area (Å²) < 4.78 is 135. The smallest absolute Gasteiger partial charge is 0.375 e. The van der Waals surface area contributed by atoms with Gasteiger partial charge in [0.2, 0.25) is 31.2 Å². The highest BCUT2D eigenvalue weighted by molar-refractivity contribution is 7.89. The maximum Gasteiger partial charge on any atom is 0.422 e. The van der Waals surface area contributed by atoms with Gasteiger partial charge in [-0.1, -0.05) is 60.7 Å². The molecule has 62 heavy (non-hydrogen) atoms. The van der Waals surface area contributed by atoms with Crippen LogP contribution in [-0.4, -0.2) is 84.0 Å². The van der Waals surface area contributed by atoms with Gasteiger partial charge in [-0.05, 0) is 23.3 Å². The third kappa shape index (κ3) is 10.6. The average Bonchev–Trinajstić information content (AvgIpc) is 3.73. The lowest BCUT2D eigenvalue weighted by Crippen LogP contribution is -2.50. The van der Waals surface area contributed by atoms with Crippen molar-refractivity contribution in [3.05, 3.63) is 152 Å². The van der Waals surface area contributed by atoms with E-state index in [-0.39, 0.29) is 46.3 Å². The molecule has 6 aromatic rings. The average molecular weight is 915 g/mol. The Morgan fingerprint density at radius 3 is 1.18 bits per heavy atom. The normalized spacial score (nSPS) is 14.5. The van der Waals surface area contributed by atoms with Crippen LogP contribution in [0.3, 0.4) is 0 Å². The molecule has 0 saturated heterocycles. The van der Waals surface area contributed by atoms with Crippen LogP contribution in [0.25, 0.3) is 21.8 Å². The molecule has 4 aromatic carbocycles.